The number of benzene rings is 1. The molecule has 1 unspecified atom stereocenters. The van der Waals surface area contributed by atoms with Gasteiger partial charge in [-0.25, -0.2) is 0 Å². The first-order valence-corrected chi connectivity index (χ1v) is 8.39. The van der Waals surface area contributed by atoms with Crippen molar-refractivity contribution >= 4 is 20.6 Å². The van der Waals surface area contributed by atoms with Crippen LogP contribution in [-0.4, -0.2) is 0 Å². The second-order valence-corrected chi connectivity index (χ2v) is 7.49. The van der Waals surface area contributed by atoms with E-state index >= 15 is 0 Å². The maximum absolute atomic E-state index is 13.5. The molecule has 20 heavy (non-hydrogen) atoms. The topological polar surface area (TPSA) is 0 Å². The molecule has 1 aliphatic rings. The van der Waals surface area contributed by atoms with Crippen LogP contribution < -0.4 is 0 Å². The highest BCUT2D eigenvalue weighted by Crippen LogP contribution is 2.55. The zero-order chi connectivity index (χ0) is 14.3. The van der Waals surface area contributed by atoms with Crippen LogP contribution in [0.25, 0.3) is 10.1 Å². The fraction of sp³-hybridized carbons (Fsp3) is 0.500. The SMILES string of the molecule is CCc1ccc2c(c1)cc(C1CCCC1)[s+]2C(F)(F)F. The van der Waals surface area contributed by atoms with Gasteiger partial charge in [0.05, 0.1) is 10.5 Å². The van der Waals surface area contributed by atoms with Gasteiger partial charge in [-0.15, -0.1) is 13.2 Å². The molecular weight excluding hydrogens is 281 g/mol. The number of thiophene rings is 1. The smallest absolute Gasteiger partial charge is 0.118 e. The Bertz CT molecular complexity index is 618. The molecule has 4 heteroatoms. The van der Waals surface area contributed by atoms with Crippen molar-refractivity contribution in [1.29, 1.82) is 0 Å². The van der Waals surface area contributed by atoms with Gasteiger partial charge in [-0.2, -0.15) is 0 Å². The summed E-state index contributed by atoms with van der Waals surface area (Å²) in [6.45, 7) is 2.03. The van der Waals surface area contributed by atoms with Gasteiger partial charge in [0.15, 0.2) is 9.58 Å². The second kappa shape index (κ2) is 5.06. The van der Waals surface area contributed by atoms with Gasteiger partial charge in [-0.3, -0.25) is 0 Å². The molecule has 1 aromatic carbocycles. The molecule has 0 nitrogen and oxygen atoms in total. The van der Waals surface area contributed by atoms with Crippen LogP contribution in [0, 0.1) is 0 Å². The highest BCUT2D eigenvalue weighted by molar-refractivity contribution is 7.38. The van der Waals surface area contributed by atoms with Crippen molar-refractivity contribution in [3.05, 3.63) is 34.7 Å². The molecule has 0 N–H and O–H groups in total. The van der Waals surface area contributed by atoms with Gasteiger partial charge in [0, 0.05) is 17.4 Å². The monoisotopic (exact) mass is 299 g/mol. The van der Waals surface area contributed by atoms with Crippen molar-refractivity contribution in [3.63, 3.8) is 0 Å². The predicted octanol–water partition coefficient (Wildman–Crippen LogP) is 6.29. The fourth-order valence-electron chi connectivity index (χ4n) is 3.21. The number of aryl methyl sites for hydroxylation is 1. The van der Waals surface area contributed by atoms with Crippen LogP contribution in [0.3, 0.4) is 0 Å². The molecule has 1 saturated carbocycles. The maximum Gasteiger partial charge on any atom is 0.600 e. The number of hydrogen-bond donors (Lipinski definition) is 0. The molecule has 2 aromatic rings. The van der Waals surface area contributed by atoms with Gasteiger partial charge in [0.25, 0.3) is 0 Å². The van der Waals surface area contributed by atoms with E-state index in [9.17, 15) is 13.2 Å². The standard InChI is InChI=1S/C16H18F3S/c1-2-11-7-8-14-13(9-11)10-15(12-5-3-4-6-12)20(14)16(17,18)19/h7-10,12H,2-6H2,1H3/q+1. The average molecular weight is 299 g/mol. The third kappa shape index (κ3) is 2.34. The zero-order valence-electron chi connectivity index (χ0n) is 11.5. The minimum atomic E-state index is -4.15. The Morgan fingerprint density at radius 1 is 1.15 bits per heavy atom. The minimum Gasteiger partial charge on any atom is -0.118 e. The Morgan fingerprint density at radius 3 is 2.45 bits per heavy atom. The van der Waals surface area contributed by atoms with Gasteiger partial charge in [-0.05, 0) is 37.0 Å². The third-order valence-corrected chi connectivity index (χ3v) is 6.42. The minimum absolute atomic E-state index is 0.137. The lowest BCUT2D eigenvalue weighted by atomic mass is 10.1. The molecule has 1 fully saturated rings. The summed E-state index contributed by atoms with van der Waals surface area (Å²) in [5, 5.41) is 0.798. The Morgan fingerprint density at radius 2 is 1.85 bits per heavy atom. The molecule has 108 valence electrons. The summed E-state index contributed by atoms with van der Waals surface area (Å²) in [5.74, 6) is 0.137. The molecule has 0 saturated heterocycles. The molecule has 1 atom stereocenters. The van der Waals surface area contributed by atoms with Crippen molar-refractivity contribution in [1.82, 2.24) is 0 Å². The molecule has 0 spiro atoms. The van der Waals surface area contributed by atoms with Crippen molar-refractivity contribution in [2.75, 3.05) is 0 Å². The molecular formula is C16H18F3S+. The van der Waals surface area contributed by atoms with Crippen LogP contribution in [0.1, 0.15) is 49.0 Å². The largest absolute Gasteiger partial charge is 0.600 e. The van der Waals surface area contributed by atoms with Gasteiger partial charge in [0.2, 0.25) is 0 Å². The molecule has 0 radical (unpaired) electrons. The molecule has 1 aromatic heterocycles. The second-order valence-electron chi connectivity index (χ2n) is 5.51. The normalized spacial score (nSPS) is 18.1. The van der Waals surface area contributed by atoms with Gasteiger partial charge in [-0.1, -0.05) is 25.8 Å². The summed E-state index contributed by atoms with van der Waals surface area (Å²) < 4.78 is 41.0. The van der Waals surface area contributed by atoms with Gasteiger partial charge < -0.3 is 0 Å². The summed E-state index contributed by atoms with van der Waals surface area (Å²) in [6, 6.07) is 7.31. The van der Waals surface area contributed by atoms with E-state index in [1.807, 2.05) is 25.1 Å². The van der Waals surface area contributed by atoms with E-state index in [-0.39, 0.29) is 5.92 Å². The number of fused-ring (bicyclic) bond motifs is 1. The van der Waals surface area contributed by atoms with Crippen LogP contribution in [0.4, 0.5) is 13.2 Å². The molecule has 1 heterocycles. The summed E-state index contributed by atoms with van der Waals surface area (Å²) in [6.07, 6.45) is 4.82. The lowest BCUT2D eigenvalue weighted by Gasteiger charge is -2.05. The Kier molecular flexibility index (Phi) is 3.53. The van der Waals surface area contributed by atoms with Crippen molar-refractivity contribution in [2.24, 2.45) is 0 Å². The number of rotatable bonds is 2. The molecule has 1 aliphatic carbocycles. The average Bonchev–Trinajstić information content (AvgIpc) is 3.03. The van der Waals surface area contributed by atoms with Crippen molar-refractivity contribution < 1.29 is 13.2 Å². The van der Waals surface area contributed by atoms with Crippen LogP contribution in [0.15, 0.2) is 24.3 Å². The molecule has 0 aliphatic heterocycles. The van der Waals surface area contributed by atoms with Crippen LogP contribution >= 0.6 is 10.5 Å². The van der Waals surface area contributed by atoms with E-state index in [0.717, 1.165) is 43.1 Å². The van der Waals surface area contributed by atoms with Crippen molar-refractivity contribution in [3.8, 4) is 0 Å². The Hall–Kier alpha value is -1.03. The number of hydrogen-bond acceptors (Lipinski definition) is 0. The maximum atomic E-state index is 13.5. The number of halogens is 3. The van der Waals surface area contributed by atoms with E-state index in [1.54, 1.807) is 6.07 Å². The fourth-order valence-corrected chi connectivity index (χ4v) is 5.35. The molecule has 3 rings (SSSR count). The highest BCUT2D eigenvalue weighted by atomic mass is 32.2. The highest BCUT2D eigenvalue weighted by Gasteiger charge is 2.49. The quantitative estimate of drug-likeness (QED) is 0.572. The Balaban J connectivity index is 2.21. The zero-order valence-corrected chi connectivity index (χ0v) is 12.3. The van der Waals surface area contributed by atoms with E-state index in [2.05, 4.69) is 0 Å². The summed E-state index contributed by atoms with van der Waals surface area (Å²) in [4.78, 5) is 0.637. The van der Waals surface area contributed by atoms with Gasteiger partial charge >= 0.3 is 5.51 Å². The van der Waals surface area contributed by atoms with Gasteiger partial charge in [0.1, 0.15) is 0 Å². The van der Waals surface area contributed by atoms with Crippen LogP contribution in [0.5, 0.6) is 0 Å². The first kappa shape index (κ1) is 13.9. The first-order chi connectivity index (χ1) is 9.50. The van der Waals surface area contributed by atoms with Crippen molar-refractivity contribution in [2.45, 2.75) is 50.5 Å². The van der Waals surface area contributed by atoms with E-state index in [1.165, 1.54) is 0 Å². The Labute approximate surface area is 119 Å². The molecule has 0 amide bonds. The van der Waals surface area contributed by atoms with E-state index < -0.39 is 16.0 Å². The summed E-state index contributed by atoms with van der Waals surface area (Å²) in [5.41, 5.74) is -3.04. The molecule has 0 bridgehead atoms. The van der Waals surface area contributed by atoms with Crippen LogP contribution in [-0.2, 0) is 11.9 Å². The van der Waals surface area contributed by atoms with E-state index in [4.69, 9.17) is 0 Å². The summed E-state index contributed by atoms with van der Waals surface area (Å²) >= 11 is 0. The van der Waals surface area contributed by atoms with Crippen LogP contribution in [0.2, 0.25) is 0 Å². The lowest BCUT2D eigenvalue weighted by molar-refractivity contribution is -0.0868. The predicted molar refractivity (Wildman–Crippen MR) is 78.3 cm³/mol. The third-order valence-electron chi connectivity index (χ3n) is 4.22. The lowest BCUT2D eigenvalue weighted by Crippen LogP contribution is -2.00. The first-order valence-electron chi connectivity index (χ1n) is 7.16. The summed E-state index contributed by atoms with van der Waals surface area (Å²) in [7, 11) is -1.70. The van der Waals surface area contributed by atoms with E-state index in [0.29, 0.717) is 9.58 Å². The number of alkyl halides is 3.